The van der Waals surface area contributed by atoms with Gasteiger partial charge in [0.1, 0.15) is 13.2 Å². The van der Waals surface area contributed by atoms with Crippen LogP contribution in [-0.2, 0) is 14.2 Å². The number of rotatable bonds is 5. The van der Waals surface area contributed by atoms with Crippen molar-refractivity contribution in [1.82, 2.24) is 0 Å². The molecule has 1 unspecified atom stereocenters. The molecule has 2 rings (SSSR count). The topological polar surface area (TPSA) is 80.3 Å². The maximum atomic E-state index is 11.9. The minimum atomic E-state index is -0.753. The van der Waals surface area contributed by atoms with Gasteiger partial charge in [-0.1, -0.05) is 0 Å². The van der Waals surface area contributed by atoms with Crippen LogP contribution in [0.2, 0.25) is 0 Å². The molecule has 1 heterocycles. The van der Waals surface area contributed by atoms with Gasteiger partial charge in [0.05, 0.1) is 19.8 Å². The third kappa shape index (κ3) is 3.11. The molecule has 1 saturated heterocycles. The molecule has 1 atom stereocenters. The van der Waals surface area contributed by atoms with Crippen molar-refractivity contribution in [3.8, 4) is 11.5 Å². The summed E-state index contributed by atoms with van der Waals surface area (Å²) in [5, 5.41) is 0. The van der Waals surface area contributed by atoms with Gasteiger partial charge < -0.3 is 23.7 Å². The first-order chi connectivity index (χ1) is 9.63. The zero-order valence-electron chi connectivity index (χ0n) is 11.1. The number of benzene rings is 1. The van der Waals surface area contributed by atoms with E-state index >= 15 is 0 Å². The number of hydrogen-bond acceptors (Lipinski definition) is 7. The van der Waals surface area contributed by atoms with Crippen molar-refractivity contribution in [2.24, 2.45) is 0 Å². The van der Waals surface area contributed by atoms with Gasteiger partial charge in [-0.25, -0.2) is 9.59 Å². The van der Waals surface area contributed by atoms with Crippen LogP contribution in [0.15, 0.2) is 18.2 Å². The molecule has 1 fully saturated rings. The number of ether oxygens (including phenoxy) is 5. The van der Waals surface area contributed by atoms with Crippen LogP contribution < -0.4 is 9.47 Å². The fraction of sp³-hybridized carbons (Fsp3) is 0.385. The number of carbonyl (C=O) groups excluding carboxylic acids is 2. The average molecular weight is 282 g/mol. The van der Waals surface area contributed by atoms with Gasteiger partial charge in [-0.05, 0) is 18.2 Å². The Bertz CT molecular complexity index is 511. The highest BCUT2D eigenvalue weighted by atomic mass is 16.8. The number of carbonyl (C=O) groups is 2. The minimum absolute atomic E-state index is 0.0566. The van der Waals surface area contributed by atoms with Crippen molar-refractivity contribution < 1.29 is 33.3 Å². The molecule has 0 aromatic heterocycles. The minimum Gasteiger partial charge on any atom is -0.493 e. The first kappa shape index (κ1) is 14.0. The van der Waals surface area contributed by atoms with Gasteiger partial charge >= 0.3 is 12.1 Å². The van der Waals surface area contributed by atoms with E-state index in [0.29, 0.717) is 17.1 Å². The second-order valence-corrected chi connectivity index (χ2v) is 3.97. The van der Waals surface area contributed by atoms with Crippen molar-refractivity contribution in [3.05, 3.63) is 23.8 Å². The molecular weight excluding hydrogens is 268 g/mol. The van der Waals surface area contributed by atoms with Crippen molar-refractivity contribution in [3.63, 3.8) is 0 Å². The molecule has 108 valence electrons. The van der Waals surface area contributed by atoms with E-state index in [2.05, 4.69) is 4.74 Å². The Morgan fingerprint density at radius 2 is 2.05 bits per heavy atom. The molecule has 7 heteroatoms. The second kappa shape index (κ2) is 6.14. The normalized spacial score (nSPS) is 17.1. The average Bonchev–Trinajstić information content (AvgIpc) is 2.89. The molecule has 1 aromatic rings. The van der Waals surface area contributed by atoms with Crippen molar-refractivity contribution in [2.45, 2.75) is 6.10 Å². The fourth-order valence-electron chi connectivity index (χ4n) is 1.66. The first-order valence-corrected chi connectivity index (χ1v) is 5.86. The molecule has 0 spiro atoms. The van der Waals surface area contributed by atoms with Crippen LogP contribution in [0, 0.1) is 0 Å². The summed E-state index contributed by atoms with van der Waals surface area (Å²) in [5.74, 6) is 0.397. The molecule has 0 bridgehead atoms. The summed E-state index contributed by atoms with van der Waals surface area (Å²) in [6, 6.07) is 4.67. The summed E-state index contributed by atoms with van der Waals surface area (Å²) in [5.41, 5.74) is 0.313. The van der Waals surface area contributed by atoms with Gasteiger partial charge in [-0.3, -0.25) is 0 Å². The predicted molar refractivity (Wildman–Crippen MR) is 66.0 cm³/mol. The van der Waals surface area contributed by atoms with Crippen LogP contribution in [0.4, 0.5) is 4.79 Å². The van der Waals surface area contributed by atoms with Crippen LogP contribution in [-0.4, -0.2) is 45.7 Å². The van der Waals surface area contributed by atoms with Crippen molar-refractivity contribution in [1.29, 1.82) is 0 Å². The lowest BCUT2D eigenvalue weighted by atomic mass is 10.2. The lowest BCUT2D eigenvalue weighted by molar-refractivity contribution is 0.0300. The Hall–Kier alpha value is -2.44. The highest BCUT2D eigenvalue weighted by molar-refractivity contribution is 5.90. The van der Waals surface area contributed by atoms with E-state index in [1.807, 2.05) is 0 Å². The van der Waals surface area contributed by atoms with Gasteiger partial charge in [-0.15, -0.1) is 0 Å². The molecule has 7 nitrogen and oxygen atoms in total. The summed E-state index contributed by atoms with van der Waals surface area (Å²) < 4.78 is 24.5. The Balaban J connectivity index is 1.96. The van der Waals surface area contributed by atoms with Gasteiger partial charge in [-0.2, -0.15) is 0 Å². The highest BCUT2D eigenvalue weighted by Gasteiger charge is 2.26. The van der Waals surface area contributed by atoms with Gasteiger partial charge in [0, 0.05) is 0 Å². The Morgan fingerprint density at radius 3 is 2.65 bits per heavy atom. The van der Waals surface area contributed by atoms with E-state index in [1.54, 1.807) is 12.1 Å². The quantitative estimate of drug-likeness (QED) is 0.755. The Kier molecular flexibility index (Phi) is 4.29. The third-order valence-electron chi connectivity index (χ3n) is 2.67. The van der Waals surface area contributed by atoms with Crippen LogP contribution in [0.1, 0.15) is 10.4 Å². The SMILES string of the molecule is COc1ccc(C(=O)OCC2COC(=O)O2)cc1OC. The molecule has 0 radical (unpaired) electrons. The standard InChI is InChI=1S/C13H14O7/c1-16-10-4-3-8(5-11(10)17-2)12(14)18-6-9-7-19-13(15)20-9/h3-5,9H,6-7H2,1-2H3. The summed E-state index contributed by atoms with van der Waals surface area (Å²) in [6.07, 6.45) is -1.32. The molecule has 1 aliphatic heterocycles. The molecule has 20 heavy (non-hydrogen) atoms. The lowest BCUT2D eigenvalue weighted by Gasteiger charge is -2.10. The van der Waals surface area contributed by atoms with E-state index in [-0.39, 0.29) is 13.2 Å². The number of hydrogen-bond donors (Lipinski definition) is 0. The summed E-state index contributed by atoms with van der Waals surface area (Å²) in [4.78, 5) is 22.6. The Labute approximate surface area is 115 Å². The maximum Gasteiger partial charge on any atom is 0.508 e. The van der Waals surface area contributed by atoms with E-state index in [1.165, 1.54) is 20.3 Å². The monoisotopic (exact) mass is 282 g/mol. The molecule has 1 aromatic carbocycles. The largest absolute Gasteiger partial charge is 0.508 e. The van der Waals surface area contributed by atoms with Crippen molar-refractivity contribution in [2.75, 3.05) is 27.4 Å². The lowest BCUT2D eigenvalue weighted by Crippen LogP contribution is -2.20. The fourth-order valence-corrected chi connectivity index (χ4v) is 1.66. The van der Waals surface area contributed by atoms with Gasteiger partial charge in [0.25, 0.3) is 0 Å². The number of methoxy groups -OCH3 is 2. The number of esters is 1. The molecular formula is C13H14O7. The summed E-state index contributed by atoms with van der Waals surface area (Å²) in [7, 11) is 2.98. The highest BCUT2D eigenvalue weighted by Crippen LogP contribution is 2.27. The van der Waals surface area contributed by atoms with Crippen LogP contribution >= 0.6 is 0 Å². The van der Waals surface area contributed by atoms with Crippen molar-refractivity contribution >= 4 is 12.1 Å². The van der Waals surface area contributed by atoms with Crippen LogP contribution in [0.3, 0.4) is 0 Å². The van der Waals surface area contributed by atoms with Gasteiger partial charge in [0.15, 0.2) is 17.6 Å². The summed E-state index contributed by atoms with van der Waals surface area (Å²) >= 11 is 0. The van der Waals surface area contributed by atoms with E-state index in [0.717, 1.165) is 0 Å². The molecule has 0 amide bonds. The molecule has 0 aliphatic carbocycles. The van der Waals surface area contributed by atoms with Crippen LogP contribution in [0.5, 0.6) is 11.5 Å². The van der Waals surface area contributed by atoms with E-state index in [9.17, 15) is 9.59 Å². The zero-order chi connectivity index (χ0) is 14.5. The first-order valence-electron chi connectivity index (χ1n) is 5.86. The zero-order valence-corrected chi connectivity index (χ0v) is 11.1. The maximum absolute atomic E-state index is 11.9. The molecule has 1 aliphatic rings. The van der Waals surface area contributed by atoms with E-state index in [4.69, 9.17) is 18.9 Å². The second-order valence-electron chi connectivity index (χ2n) is 3.97. The summed E-state index contributed by atoms with van der Waals surface area (Å²) in [6.45, 7) is 0.0248. The molecule has 0 N–H and O–H groups in total. The molecule has 0 saturated carbocycles. The third-order valence-corrected chi connectivity index (χ3v) is 2.67. The van der Waals surface area contributed by atoms with Crippen LogP contribution in [0.25, 0.3) is 0 Å². The van der Waals surface area contributed by atoms with E-state index < -0.39 is 18.2 Å². The number of cyclic esters (lactones) is 2. The van der Waals surface area contributed by atoms with Gasteiger partial charge in [0.2, 0.25) is 0 Å². The Morgan fingerprint density at radius 1 is 1.30 bits per heavy atom. The predicted octanol–water partition coefficient (Wildman–Crippen LogP) is 1.40. The smallest absolute Gasteiger partial charge is 0.493 e.